The summed E-state index contributed by atoms with van der Waals surface area (Å²) in [4.78, 5) is 0. The van der Waals surface area contributed by atoms with Crippen LogP contribution in [0.1, 0.15) is 23.6 Å². The molecule has 22 heavy (non-hydrogen) atoms. The zero-order chi connectivity index (χ0) is 15.9. The average molecular weight is 301 g/mol. The maximum Gasteiger partial charge on any atom is 0.163 e. The summed E-state index contributed by atoms with van der Waals surface area (Å²) in [6.45, 7) is 0. The van der Waals surface area contributed by atoms with Crippen LogP contribution >= 0.6 is 0 Å². The molecule has 0 spiro atoms. The molecule has 1 atom stereocenters. The molecular weight excluding hydrogens is 278 g/mol. The van der Waals surface area contributed by atoms with Gasteiger partial charge >= 0.3 is 0 Å². The van der Waals surface area contributed by atoms with Gasteiger partial charge in [-0.2, -0.15) is 0 Å². The Kier molecular flexibility index (Phi) is 5.67. The van der Waals surface area contributed by atoms with Crippen molar-refractivity contribution < 1.29 is 14.2 Å². The van der Waals surface area contributed by atoms with E-state index in [1.807, 2.05) is 42.5 Å². The van der Waals surface area contributed by atoms with Crippen LogP contribution < -0.4 is 19.9 Å². The smallest absolute Gasteiger partial charge is 0.163 e. The fourth-order valence-electron chi connectivity index (χ4n) is 2.48. The van der Waals surface area contributed by atoms with Crippen LogP contribution in [0.4, 0.5) is 0 Å². The summed E-state index contributed by atoms with van der Waals surface area (Å²) in [5.41, 5.74) is 8.49. The van der Waals surface area contributed by atoms with Crippen LogP contribution in [0, 0.1) is 0 Å². The van der Waals surface area contributed by atoms with Crippen LogP contribution in [-0.2, 0) is 6.42 Å². The van der Waals surface area contributed by atoms with Crippen molar-refractivity contribution in [3.63, 3.8) is 0 Å². The molecule has 0 unspecified atom stereocenters. The Morgan fingerprint density at radius 2 is 1.64 bits per heavy atom. The summed E-state index contributed by atoms with van der Waals surface area (Å²) in [6, 6.07) is 13.8. The third-order valence-electron chi connectivity index (χ3n) is 3.75. The van der Waals surface area contributed by atoms with Gasteiger partial charge in [0.2, 0.25) is 0 Å². The van der Waals surface area contributed by atoms with E-state index in [-0.39, 0.29) is 6.04 Å². The van der Waals surface area contributed by atoms with Crippen LogP contribution in [0.5, 0.6) is 17.2 Å². The van der Waals surface area contributed by atoms with Crippen LogP contribution in [0.2, 0.25) is 0 Å². The first-order valence-corrected chi connectivity index (χ1v) is 7.29. The van der Waals surface area contributed by atoms with Gasteiger partial charge in [0.25, 0.3) is 0 Å². The number of nitrogens with two attached hydrogens (primary N) is 1. The van der Waals surface area contributed by atoms with Gasteiger partial charge in [-0.15, -0.1) is 0 Å². The standard InChI is InChI=1S/C18H23NO3/c1-20-15-10-7-13(8-11-15)16(19)12-9-14-5-4-6-17(21-2)18(14)22-3/h4-8,10-11,16H,9,12,19H2,1-3H3/t16-/m0/s1. The van der Waals surface area contributed by atoms with E-state index < -0.39 is 0 Å². The Morgan fingerprint density at radius 3 is 2.23 bits per heavy atom. The third kappa shape index (κ3) is 3.71. The predicted octanol–water partition coefficient (Wildman–Crippen LogP) is 3.35. The van der Waals surface area contributed by atoms with Gasteiger partial charge in [-0.25, -0.2) is 0 Å². The number of hydrogen-bond acceptors (Lipinski definition) is 4. The van der Waals surface area contributed by atoms with Gasteiger partial charge in [-0.05, 0) is 42.2 Å². The molecule has 2 aromatic rings. The third-order valence-corrected chi connectivity index (χ3v) is 3.75. The molecule has 0 bridgehead atoms. The zero-order valence-electron chi connectivity index (χ0n) is 13.3. The summed E-state index contributed by atoms with van der Waals surface area (Å²) in [5, 5.41) is 0. The maximum atomic E-state index is 6.28. The molecule has 0 radical (unpaired) electrons. The second kappa shape index (κ2) is 7.71. The predicted molar refractivity (Wildman–Crippen MR) is 87.8 cm³/mol. The quantitative estimate of drug-likeness (QED) is 0.852. The Bertz CT molecular complexity index is 596. The molecule has 2 aromatic carbocycles. The van der Waals surface area contributed by atoms with E-state index >= 15 is 0 Å². The number of rotatable bonds is 7. The van der Waals surface area contributed by atoms with Gasteiger partial charge in [0.1, 0.15) is 5.75 Å². The second-order valence-corrected chi connectivity index (χ2v) is 5.07. The fraction of sp³-hybridized carbons (Fsp3) is 0.333. The number of para-hydroxylation sites is 1. The average Bonchev–Trinajstić information content (AvgIpc) is 2.59. The van der Waals surface area contributed by atoms with Crippen molar-refractivity contribution in [1.82, 2.24) is 0 Å². The molecule has 118 valence electrons. The van der Waals surface area contributed by atoms with Crippen LogP contribution in [-0.4, -0.2) is 21.3 Å². The number of hydrogen-bond donors (Lipinski definition) is 1. The minimum atomic E-state index is -0.0261. The highest BCUT2D eigenvalue weighted by Crippen LogP contribution is 2.32. The van der Waals surface area contributed by atoms with Gasteiger partial charge in [0.15, 0.2) is 11.5 Å². The van der Waals surface area contributed by atoms with Crippen molar-refractivity contribution in [2.45, 2.75) is 18.9 Å². The van der Waals surface area contributed by atoms with Gasteiger partial charge in [-0.3, -0.25) is 0 Å². The highest BCUT2D eigenvalue weighted by Gasteiger charge is 2.12. The lowest BCUT2D eigenvalue weighted by atomic mass is 9.99. The van der Waals surface area contributed by atoms with E-state index in [1.54, 1.807) is 21.3 Å². The molecule has 0 aliphatic heterocycles. The SMILES string of the molecule is COc1ccc([C@@H](N)CCc2cccc(OC)c2OC)cc1. The Hall–Kier alpha value is -2.20. The van der Waals surface area contributed by atoms with E-state index in [2.05, 4.69) is 0 Å². The summed E-state index contributed by atoms with van der Waals surface area (Å²) < 4.78 is 15.9. The maximum absolute atomic E-state index is 6.28. The zero-order valence-corrected chi connectivity index (χ0v) is 13.3. The molecule has 2 rings (SSSR count). The minimum absolute atomic E-state index is 0.0261. The van der Waals surface area contributed by atoms with Crippen LogP contribution in [0.15, 0.2) is 42.5 Å². The van der Waals surface area contributed by atoms with Gasteiger partial charge in [-0.1, -0.05) is 24.3 Å². The lowest BCUT2D eigenvalue weighted by Crippen LogP contribution is -2.11. The van der Waals surface area contributed by atoms with Crippen LogP contribution in [0.3, 0.4) is 0 Å². The minimum Gasteiger partial charge on any atom is -0.497 e. The molecule has 4 heteroatoms. The largest absolute Gasteiger partial charge is 0.497 e. The lowest BCUT2D eigenvalue weighted by Gasteiger charge is -2.15. The second-order valence-electron chi connectivity index (χ2n) is 5.07. The van der Waals surface area contributed by atoms with E-state index in [9.17, 15) is 0 Å². The number of methoxy groups -OCH3 is 3. The molecule has 0 aliphatic carbocycles. The monoisotopic (exact) mass is 301 g/mol. The van der Waals surface area contributed by atoms with Crippen LogP contribution in [0.25, 0.3) is 0 Å². The Balaban J connectivity index is 2.05. The summed E-state index contributed by atoms with van der Waals surface area (Å²) in [5.74, 6) is 2.37. The first-order valence-electron chi connectivity index (χ1n) is 7.29. The molecule has 0 fully saturated rings. The summed E-state index contributed by atoms with van der Waals surface area (Å²) in [6.07, 6.45) is 1.66. The molecular formula is C18H23NO3. The first-order chi connectivity index (χ1) is 10.7. The fourth-order valence-corrected chi connectivity index (χ4v) is 2.48. The lowest BCUT2D eigenvalue weighted by molar-refractivity contribution is 0.351. The molecule has 0 saturated heterocycles. The van der Waals surface area contributed by atoms with Gasteiger partial charge < -0.3 is 19.9 Å². The summed E-state index contributed by atoms with van der Waals surface area (Å²) >= 11 is 0. The van der Waals surface area contributed by atoms with E-state index in [0.29, 0.717) is 0 Å². The molecule has 0 aromatic heterocycles. The molecule has 0 aliphatic rings. The number of benzene rings is 2. The molecule has 2 N–H and O–H groups in total. The van der Waals surface area contributed by atoms with E-state index in [1.165, 1.54) is 0 Å². The number of ether oxygens (including phenoxy) is 3. The van der Waals surface area contributed by atoms with E-state index in [0.717, 1.165) is 41.2 Å². The number of aryl methyl sites for hydroxylation is 1. The molecule has 0 amide bonds. The van der Waals surface area contributed by atoms with Gasteiger partial charge in [0.05, 0.1) is 21.3 Å². The molecule has 0 saturated carbocycles. The Morgan fingerprint density at radius 1 is 0.909 bits per heavy atom. The van der Waals surface area contributed by atoms with Crippen molar-refractivity contribution in [2.75, 3.05) is 21.3 Å². The highest BCUT2D eigenvalue weighted by atomic mass is 16.5. The summed E-state index contributed by atoms with van der Waals surface area (Å²) in [7, 11) is 4.96. The molecule has 4 nitrogen and oxygen atoms in total. The van der Waals surface area contributed by atoms with Crippen molar-refractivity contribution in [3.05, 3.63) is 53.6 Å². The van der Waals surface area contributed by atoms with E-state index in [4.69, 9.17) is 19.9 Å². The van der Waals surface area contributed by atoms with Crippen molar-refractivity contribution >= 4 is 0 Å². The van der Waals surface area contributed by atoms with Gasteiger partial charge in [0, 0.05) is 6.04 Å². The molecule has 0 heterocycles. The Labute approximate surface area is 131 Å². The van der Waals surface area contributed by atoms with Crippen molar-refractivity contribution in [3.8, 4) is 17.2 Å². The first kappa shape index (κ1) is 16.2. The van der Waals surface area contributed by atoms with Crippen molar-refractivity contribution in [2.24, 2.45) is 5.73 Å². The normalized spacial score (nSPS) is 11.8. The highest BCUT2D eigenvalue weighted by molar-refractivity contribution is 5.46. The van der Waals surface area contributed by atoms with Crippen molar-refractivity contribution in [1.29, 1.82) is 0 Å². The topological polar surface area (TPSA) is 53.7 Å².